The Morgan fingerprint density at radius 1 is 1.41 bits per heavy atom. The number of benzene rings is 1. The van der Waals surface area contributed by atoms with Crippen molar-refractivity contribution in [3.63, 3.8) is 0 Å². The van der Waals surface area contributed by atoms with Crippen LogP contribution in [0.2, 0.25) is 0 Å². The lowest BCUT2D eigenvalue weighted by Gasteiger charge is -2.20. The van der Waals surface area contributed by atoms with Crippen LogP contribution in [0.4, 0.5) is 8.78 Å². The first-order chi connectivity index (χ1) is 10.2. The van der Waals surface area contributed by atoms with Crippen LogP contribution in [0.15, 0.2) is 41.5 Å². The summed E-state index contributed by atoms with van der Waals surface area (Å²) in [7, 11) is 0. The number of hydrogen-bond acceptors (Lipinski definition) is 2. The number of halogens is 2. The third kappa shape index (κ3) is 3.13. The number of hydrogen-bond donors (Lipinski definition) is 2. The van der Waals surface area contributed by atoms with Gasteiger partial charge in [-0.1, -0.05) is 30.7 Å². The molecule has 3 nitrogen and oxygen atoms in total. The normalized spacial score (nSPS) is 15.8. The molecule has 1 aromatic rings. The maximum atomic E-state index is 13.5. The number of nitrogens with one attached hydrogen (secondary N) is 1. The standard InChI is InChI=1S/C17H18F2N2O/c1-3-10-8-15(20)13(9-14(10)16(21)22)11-5-4-6-12(7-11)17(2,18)19/h4-7,9,20H,3,8H2,1-2H3,(H2,21,22). The van der Waals surface area contributed by atoms with Gasteiger partial charge in [0.25, 0.3) is 5.92 Å². The minimum Gasteiger partial charge on any atom is -0.366 e. The minimum atomic E-state index is -2.95. The highest BCUT2D eigenvalue weighted by Gasteiger charge is 2.26. The van der Waals surface area contributed by atoms with Crippen molar-refractivity contribution in [3.8, 4) is 0 Å². The predicted molar refractivity (Wildman–Crippen MR) is 82.8 cm³/mol. The lowest BCUT2D eigenvalue weighted by atomic mass is 9.85. The molecule has 1 aliphatic rings. The van der Waals surface area contributed by atoms with Crippen LogP contribution in [-0.4, -0.2) is 11.6 Å². The molecule has 5 heteroatoms. The third-order valence-electron chi connectivity index (χ3n) is 3.76. The molecular formula is C17H18F2N2O. The Labute approximate surface area is 128 Å². The Balaban J connectivity index is 2.54. The first kappa shape index (κ1) is 16.1. The number of allylic oxidation sites excluding steroid dienone is 2. The summed E-state index contributed by atoms with van der Waals surface area (Å²) in [6.45, 7) is 2.72. The zero-order valence-corrected chi connectivity index (χ0v) is 12.5. The van der Waals surface area contributed by atoms with Crippen molar-refractivity contribution in [1.82, 2.24) is 0 Å². The summed E-state index contributed by atoms with van der Waals surface area (Å²) >= 11 is 0. The summed E-state index contributed by atoms with van der Waals surface area (Å²) in [5, 5.41) is 8.13. The number of nitrogens with two attached hydrogens (primary N) is 1. The number of rotatable bonds is 4. The summed E-state index contributed by atoms with van der Waals surface area (Å²) in [6, 6.07) is 5.89. The van der Waals surface area contributed by atoms with Crippen molar-refractivity contribution in [2.75, 3.05) is 0 Å². The van der Waals surface area contributed by atoms with Gasteiger partial charge in [-0.15, -0.1) is 0 Å². The number of primary amides is 1. The second-order valence-electron chi connectivity index (χ2n) is 5.42. The van der Waals surface area contributed by atoms with Gasteiger partial charge in [-0.2, -0.15) is 0 Å². The fourth-order valence-corrected chi connectivity index (χ4v) is 2.52. The molecule has 0 saturated carbocycles. The van der Waals surface area contributed by atoms with Crippen molar-refractivity contribution in [3.05, 3.63) is 52.6 Å². The lowest BCUT2D eigenvalue weighted by Crippen LogP contribution is -2.20. The highest BCUT2D eigenvalue weighted by atomic mass is 19.3. The molecule has 0 fully saturated rings. The van der Waals surface area contributed by atoms with E-state index in [1.54, 1.807) is 12.1 Å². The molecule has 3 N–H and O–H groups in total. The van der Waals surface area contributed by atoms with Crippen molar-refractivity contribution < 1.29 is 13.6 Å². The van der Waals surface area contributed by atoms with E-state index in [0.29, 0.717) is 35.3 Å². The number of carbonyl (C=O) groups is 1. The fourth-order valence-electron chi connectivity index (χ4n) is 2.52. The monoisotopic (exact) mass is 304 g/mol. The summed E-state index contributed by atoms with van der Waals surface area (Å²) < 4.78 is 26.9. The number of alkyl halides is 2. The van der Waals surface area contributed by atoms with Crippen LogP contribution < -0.4 is 5.73 Å². The van der Waals surface area contributed by atoms with Gasteiger partial charge < -0.3 is 11.1 Å². The van der Waals surface area contributed by atoms with E-state index in [4.69, 9.17) is 11.1 Å². The number of amides is 1. The Morgan fingerprint density at radius 3 is 2.64 bits per heavy atom. The van der Waals surface area contributed by atoms with E-state index in [1.807, 2.05) is 6.92 Å². The highest BCUT2D eigenvalue weighted by molar-refractivity contribution is 6.26. The summed E-state index contributed by atoms with van der Waals surface area (Å²) in [4.78, 5) is 11.6. The van der Waals surface area contributed by atoms with Crippen molar-refractivity contribution in [2.24, 2.45) is 5.73 Å². The zero-order valence-electron chi connectivity index (χ0n) is 12.5. The van der Waals surface area contributed by atoms with Crippen LogP contribution in [-0.2, 0) is 10.7 Å². The summed E-state index contributed by atoms with van der Waals surface area (Å²) in [5.74, 6) is -3.51. The molecular weight excluding hydrogens is 286 g/mol. The Bertz CT molecular complexity index is 697. The van der Waals surface area contributed by atoms with Crippen LogP contribution in [0.3, 0.4) is 0 Å². The molecule has 0 atom stereocenters. The molecule has 0 bridgehead atoms. The van der Waals surface area contributed by atoms with Gasteiger partial charge in [-0.05, 0) is 24.1 Å². The molecule has 0 aromatic heterocycles. The smallest absolute Gasteiger partial charge is 0.270 e. The second kappa shape index (κ2) is 5.83. The van der Waals surface area contributed by atoms with E-state index in [-0.39, 0.29) is 5.56 Å². The molecule has 116 valence electrons. The average Bonchev–Trinajstić information content (AvgIpc) is 2.45. The van der Waals surface area contributed by atoms with Gasteiger partial charge in [0.1, 0.15) is 0 Å². The first-order valence-electron chi connectivity index (χ1n) is 7.04. The van der Waals surface area contributed by atoms with Crippen LogP contribution in [0, 0.1) is 5.41 Å². The van der Waals surface area contributed by atoms with Crippen molar-refractivity contribution >= 4 is 17.2 Å². The van der Waals surface area contributed by atoms with Crippen LogP contribution in [0.1, 0.15) is 37.8 Å². The molecule has 1 aliphatic carbocycles. The SMILES string of the molecule is CCC1=C(C(N)=O)C=C(c2cccc(C(C)(F)F)c2)C(=N)C1. The highest BCUT2D eigenvalue weighted by Crippen LogP contribution is 2.33. The van der Waals surface area contributed by atoms with E-state index in [9.17, 15) is 13.6 Å². The molecule has 0 radical (unpaired) electrons. The Kier molecular flexibility index (Phi) is 4.26. The maximum absolute atomic E-state index is 13.5. The van der Waals surface area contributed by atoms with Crippen molar-refractivity contribution in [1.29, 1.82) is 5.41 Å². The maximum Gasteiger partial charge on any atom is 0.270 e. The van der Waals surface area contributed by atoms with E-state index < -0.39 is 11.8 Å². The van der Waals surface area contributed by atoms with Crippen LogP contribution in [0.5, 0.6) is 0 Å². The molecule has 0 unspecified atom stereocenters. The van der Waals surface area contributed by atoms with Crippen LogP contribution in [0.25, 0.3) is 5.57 Å². The largest absolute Gasteiger partial charge is 0.366 e. The zero-order chi connectivity index (χ0) is 16.5. The molecule has 0 spiro atoms. The van der Waals surface area contributed by atoms with Gasteiger partial charge in [0, 0.05) is 35.8 Å². The minimum absolute atomic E-state index is 0.121. The molecule has 0 aliphatic heterocycles. The van der Waals surface area contributed by atoms with Gasteiger partial charge in [-0.3, -0.25) is 4.79 Å². The second-order valence-corrected chi connectivity index (χ2v) is 5.42. The molecule has 0 heterocycles. The average molecular weight is 304 g/mol. The molecule has 2 rings (SSSR count). The predicted octanol–water partition coefficient (Wildman–Crippen LogP) is 3.80. The Morgan fingerprint density at radius 2 is 2.09 bits per heavy atom. The topological polar surface area (TPSA) is 66.9 Å². The fraction of sp³-hybridized carbons (Fsp3) is 0.294. The Hall–Kier alpha value is -2.30. The molecule has 1 aromatic carbocycles. The van der Waals surface area contributed by atoms with Gasteiger partial charge in [-0.25, -0.2) is 8.78 Å². The van der Waals surface area contributed by atoms with Crippen molar-refractivity contribution in [2.45, 2.75) is 32.6 Å². The first-order valence-corrected chi connectivity index (χ1v) is 7.04. The molecule has 1 amide bonds. The summed E-state index contributed by atoms with van der Waals surface area (Å²) in [5.41, 5.74) is 7.72. The lowest BCUT2D eigenvalue weighted by molar-refractivity contribution is -0.114. The van der Waals surface area contributed by atoms with E-state index in [2.05, 4.69) is 0 Å². The third-order valence-corrected chi connectivity index (χ3v) is 3.76. The van der Waals surface area contributed by atoms with Gasteiger partial charge >= 0.3 is 0 Å². The van der Waals surface area contributed by atoms with Gasteiger partial charge in [0.2, 0.25) is 5.91 Å². The molecule has 0 saturated heterocycles. The molecule has 22 heavy (non-hydrogen) atoms. The van der Waals surface area contributed by atoms with Gasteiger partial charge in [0.15, 0.2) is 0 Å². The van der Waals surface area contributed by atoms with Crippen LogP contribution >= 0.6 is 0 Å². The summed E-state index contributed by atoms with van der Waals surface area (Å²) in [6.07, 6.45) is 2.48. The van der Waals surface area contributed by atoms with E-state index in [1.165, 1.54) is 18.2 Å². The quantitative estimate of drug-likeness (QED) is 0.873. The van der Waals surface area contributed by atoms with E-state index in [0.717, 1.165) is 12.5 Å². The number of carbonyl (C=O) groups excluding carboxylic acids is 1. The van der Waals surface area contributed by atoms with E-state index >= 15 is 0 Å². The van der Waals surface area contributed by atoms with Gasteiger partial charge in [0.05, 0.1) is 0 Å².